The second kappa shape index (κ2) is 9.15. The molecule has 7 rings (SSSR count). The molecule has 1 aliphatic carbocycles. The highest BCUT2D eigenvalue weighted by Crippen LogP contribution is 2.52. The molecule has 0 aromatic heterocycles. The lowest BCUT2D eigenvalue weighted by atomic mass is 9.81. The van der Waals surface area contributed by atoms with Gasteiger partial charge < -0.3 is 4.90 Å². The SMILES string of the molecule is CC1(C)c2cc(-c3cc(Cl)cc(N(c4ccccc4)c4ccccc4)c3)ccc2-c2c1ccc1ccccc21. The zero-order valence-corrected chi connectivity index (χ0v) is 22.8. The summed E-state index contributed by atoms with van der Waals surface area (Å²) in [5, 5.41) is 3.32. The van der Waals surface area contributed by atoms with Crippen molar-refractivity contribution in [2.75, 3.05) is 4.90 Å². The Balaban J connectivity index is 1.38. The lowest BCUT2D eigenvalue weighted by molar-refractivity contribution is 0.661. The molecule has 0 spiro atoms. The highest BCUT2D eigenvalue weighted by molar-refractivity contribution is 6.31. The van der Waals surface area contributed by atoms with E-state index in [-0.39, 0.29) is 5.41 Å². The summed E-state index contributed by atoms with van der Waals surface area (Å²) in [4.78, 5) is 2.26. The molecular weight excluding hydrogens is 494 g/mol. The van der Waals surface area contributed by atoms with Gasteiger partial charge in [0.15, 0.2) is 0 Å². The fraction of sp³-hybridized carbons (Fsp3) is 0.0811. The van der Waals surface area contributed by atoms with Crippen molar-refractivity contribution < 1.29 is 0 Å². The topological polar surface area (TPSA) is 3.24 Å². The van der Waals surface area contributed by atoms with Gasteiger partial charge in [0.2, 0.25) is 0 Å². The number of nitrogens with zero attached hydrogens (tertiary/aromatic N) is 1. The van der Waals surface area contributed by atoms with Gasteiger partial charge in [-0.3, -0.25) is 0 Å². The van der Waals surface area contributed by atoms with Gasteiger partial charge in [-0.25, -0.2) is 0 Å². The van der Waals surface area contributed by atoms with Crippen molar-refractivity contribution in [3.05, 3.63) is 150 Å². The average Bonchev–Trinajstić information content (AvgIpc) is 3.20. The molecule has 0 bridgehead atoms. The molecule has 0 heterocycles. The Labute approximate surface area is 234 Å². The van der Waals surface area contributed by atoms with Gasteiger partial charge in [-0.2, -0.15) is 0 Å². The van der Waals surface area contributed by atoms with Crippen LogP contribution < -0.4 is 4.90 Å². The molecule has 1 aliphatic rings. The van der Waals surface area contributed by atoms with E-state index in [2.05, 4.69) is 134 Å². The third-order valence-corrected chi connectivity index (χ3v) is 8.29. The summed E-state index contributed by atoms with van der Waals surface area (Å²) in [5.74, 6) is 0. The molecule has 39 heavy (non-hydrogen) atoms. The Morgan fingerprint density at radius 3 is 1.92 bits per heavy atom. The summed E-state index contributed by atoms with van der Waals surface area (Å²) in [6, 6.07) is 47.5. The maximum atomic E-state index is 6.80. The third-order valence-electron chi connectivity index (χ3n) is 8.07. The fourth-order valence-electron chi connectivity index (χ4n) is 6.16. The molecule has 0 aliphatic heterocycles. The number of hydrogen-bond donors (Lipinski definition) is 0. The maximum absolute atomic E-state index is 6.80. The number of fused-ring (bicyclic) bond motifs is 5. The van der Waals surface area contributed by atoms with Gasteiger partial charge in [0, 0.05) is 27.5 Å². The van der Waals surface area contributed by atoms with Crippen molar-refractivity contribution in [2.45, 2.75) is 19.3 Å². The second-order valence-corrected chi connectivity index (χ2v) is 11.2. The van der Waals surface area contributed by atoms with Gasteiger partial charge >= 0.3 is 0 Å². The Morgan fingerprint density at radius 1 is 0.538 bits per heavy atom. The van der Waals surface area contributed by atoms with E-state index in [4.69, 9.17) is 11.6 Å². The molecule has 0 radical (unpaired) electrons. The smallest absolute Gasteiger partial charge is 0.0482 e. The molecule has 188 valence electrons. The Kier molecular flexibility index (Phi) is 5.58. The van der Waals surface area contributed by atoms with Gasteiger partial charge in [-0.1, -0.05) is 110 Å². The van der Waals surface area contributed by atoms with Crippen LogP contribution in [0.25, 0.3) is 33.0 Å². The van der Waals surface area contributed by atoms with Crippen LogP contribution in [0, 0.1) is 0 Å². The van der Waals surface area contributed by atoms with Crippen LogP contribution in [0.5, 0.6) is 0 Å². The van der Waals surface area contributed by atoms with Gasteiger partial charge in [0.25, 0.3) is 0 Å². The number of rotatable bonds is 4. The highest BCUT2D eigenvalue weighted by Gasteiger charge is 2.36. The third kappa shape index (κ3) is 3.93. The number of benzene rings is 6. The average molecular weight is 522 g/mol. The molecular formula is C37H28ClN. The maximum Gasteiger partial charge on any atom is 0.0482 e. The van der Waals surface area contributed by atoms with Crippen LogP contribution in [0.2, 0.25) is 5.02 Å². The van der Waals surface area contributed by atoms with Gasteiger partial charge in [0.1, 0.15) is 0 Å². The summed E-state index contributed by atoms with van der Waals surface area (Å²) in [6.45, 7) is 4.68. The van der Waals surface area contributed by atoms with E-state index in [9.17, 15) is 0 Å². The number of anilines is 3. The summed E-state index contributed by atoms with van der Waals surface area (Å²) in [6.07, 6.45) is 0. The number of hydrogen-bond acceptors (Lipinski definition) is 1. The molecule has 0 fully saturated rings. The van der Waals surface area contributed by atoms with Crippen molar-refractivity contribution >= 4 is 39.4 Å². The molecule has 0 amide bonds. The minimum atomic E-state index is -0.0910. The van der Waals surface area contributed by atoms with Crippen molar-refractivity contribution in [3.63, 3.8) is 0 Å². The lowest BCUT2D eigenvalue weighted by Gasteiger charge is -2.26. The number of halogens is 1. The minimum absolute atomic E-state index is 0.0910. The fourth-order valence-corrected chi connectivity index (χ4v) is 6.39. The van der Waals surface area contributed by atoms with E-state index in [1.54, 1.807) is 0 Å². The van der Waals surface area contributed by atoms with E-state index in [0.717, 1.165) is 22.6 Å². The first-order chi connectivity index (χ1) is 19.0. The predicted octanol–water partition coefficient (Wildman–Crippen LogP) is 10.9. The summed E-state index contributed by atoms with van der Waals surface area (Å²) >= 11 is 6.80. The van der Waals surface area contributed by atoms with Crippen molar-refractivity contribution in [3.8, 4) is 22.3 Å². The monoisotopic (exact) mass is 521 g/mol. The van der Waals surface area contributed by atoms with Crippen molar-refractivity contribution in [1.82, 2.24) is 0 Å². The van der Waals surface area contributed by atoms with Crippen LogP contribution in [-0.4, -0.2) is 0 Å². The number of para-hydroxylation sites is 2. The largest absolute Gasteiger partial charge is 0.310 e. The molecule has 0 N–H and O–H groups in total. The van der Waals surface area contributed by atoms with E-state index in [1.807, 2.05) is 18.2 Å². The van der Waals surface area contributed by atoms with Crippen LogP contribution in [0.4, 0.5) is 17.1 Å². The summed E-state index contributed by atoms with van der Waals surface area (Å²) < 4.78 is 0. The standard InChI is InChI=1S/C37H28ClN/c1-37(2)34-20-18-25-11-9-10-16-32(25)36(34)33-19-17-26(23-35(33)37)27-21-28(38)24-31(22-27)39(29-12-5-3-6-13-29)30-14-7-4-8-15-30/h3-24H,1-2H3. The van der Waals surface area contributed by atoms with Gasteiger partial charge in [-0.15, -0.1) is 0 Å². The first-order valence-electron chi connectivity index (χ1n) is 13.4. The highest BCUT2D eigenvalue weighted by atomic mass is 35.5. The van der Waals surface area contributed by atoms with E-state index in [0.29, 0.717) is 5.02 Å². The van der Waals surface area contributed by atoms with Crippen LogP contribution in [0.3, 0.4) is 0 Å². The van der Waals surface area contributed by atoms with E-state index in [1.165, 1.54) is 38.6 Å². The minimum Gasteiger partial charge on any atom is -0.310 e. The first kappa shape index (κ1) is 23.8. The molecule has 0 unspecified atom stereocenters. The van der Waals surface area contributed by atoms with Crippen LogP contribution >= 0.6 is 11.6 Å². The van der Waals surface area contributed by atoms with Gasteiger partial charge in [-0.05, 0) is 92.7 Å². The second-order valence-electron chi connectivity index (χ2n) is 10.8. The van der Waals surface area contributed by atoms with Crippen molar-refractivity contribution in [2.24, 2.45) is 0 Å². The molecule has 6 aromatic rings. The normalized spacial score (nSPS) is 13.2. The lowest BCUT2D eigenvalue weighted by Crippen LogP contribution is -2.15. The zero-order chi connectivity index (χ0) is 26.6. The van der Waals surface area contributed by atoms with Gasteiger partial charge in [0.05, 0.1) is 0 Å². The zero-order valence-electron chi connectivity index (χ0n) is 22.0. The quantitative estimate of drug-likeness (QED) is 0.223. The molecule has 6 aromatic carbocycles. The van der Waals surface area contributed by atoms with Crippen LogP contribution in [0.1, 0.15) is 25.0 Å². The molecule has 1 nitrogen and oxygen atoms in total. The molecule has 0 saturated heterocycles. The Morgan fingerprint density at radius 2 is 1.21 bits per heavy atom. The van der Waals surface area contributed by atoms with E-state index >= 15 is 0 Å². The van der Waals surface area contributed by atoms with E-state index < -0.39 is 0 Å². The first-order valence-corrected chi connectivity index (χ1v) is 13.8. The molecule has 2 heteroatoms. The predicted molar refractivity (Wildman–Crippen MR) is 167 cm³/mol. The molecule has 0 saturated carbocycles. The summed E-state index contributed by atoms with van der Waals surface area (Å²) in [5.41, 5.74) is 10.8. The molecule has 0 atom stereocenters. The van der Waals surface area contributed by atoms with Crippen LogP contribution in [0.15, 0.2) is 133 Å². The Hall–Kier alpha value is -4.33. The summed E-state index contributed by atoms with van der Waals surface area (Å²) in [7, 11) is 0. The Bertz CT molecular complexity index is 1800. The van der Waals surface area contributed by atoms with Crippen LogP contribution in [-0.2, 0) is 5.41 Å². The van der Waals surface area contributed by atoms with Crippen molar-refractivity contribution in [1.29, 1.82) is 0 Å².